The SMILES string of the molecule is O=C1CC(Br)C(=C(Br)Br)O1. The number of esters is 1. The van der Waals surface area contributed by atoms with Gasteiger partial charge in [0.25, 0.3) is 0 Å². The fourth-order valence-corrected chi connectivity index (χ4v) is 2.54. The second-order valence-corrected chi connectivity index (χ2v) is 5.53. The molecule has 10 heavy (non-hydrogen) atoms. The summed E-state index contributed by atoms with van der Waals surface area (Å²) in [5.74, 6) is 0.415. The van der Waals surface area contributed by atoms with Crippen molar-refractivity contribution in [1.29, 1.82) is 0 Å². The molecule has 0 amide bonds. The number of ether oxygens (including phenoxy) is 1. The third kappa shape index (κ3) is 1.83. The van der Waals surface area contributed by atoms with Crippen molar-refractivity contribution in [2.24, 2.45) is 0 Å². The number of alkyl halides is 1. The Hall–Kier alpha value is 0.650. The highest BCUT2D eigenvalue weighted by Gasteiger charge is 2.29. The molecular weight excluding hydrogens is 332 g/mol. The molecule has 0 aromatic carbocycles. The van der Waals surface area contributed by atoms with E-state index in [1.165, 1.54) is 0 Å². The number of carbonyl (C=O) groups excluding carboxylic acids is 1. The Morgan fingerprint density at radius 2 is 2.20 bits per heavy atom. The first kappa shape index (κ1) is 8.74. The molecule has 5 heteroatoms. The lowest BCUT2D eigenvalue weighted by molar-refractivity contribution is -0.135. The first-order valence-corrected chi connectivity index (χ1v) is 5.01. The topological polar surface area (TPSA) is 26.3 Å². The van der Waals surface area contributed by atoms with Crippen molar-refractivity contribution < 1.29 is 9.53 Å². The van der Waals surface area contributed by atoms with Crippen LogP contribution in [0.5, 0.6) is 0 Å². The molecular formula is C5H3Br3O2. The molecule has 1 aliphatic rings. The van der Waals surface area contributed by atoms with Crippen LogP contribution in [-0.2, 0) is 9.53 Å². The summed E-state index contributed by atoms with van der Waals surface area (Å²) in [5, 5.41) is 0. The van der Waals surface area contributed by atoms with Gasteiger partial charge in [-0.05, 0) is 31.9 Å². The predicted octanol–water partition coefficient (Wildman–Crippen LogP) is 2.66. The van der Waals surface area contributed by atoms with Gasteiger partial charge in [0.1, 0.15) is 5.76 Å². The summed E-state index contributed by atoms with van der Waals surface area (Å²) in [6.45, 7) is 0. The molecule has 0 aromatic heterocycles. The molecule has 1 atom stereocenters. The molecule has 0 aliphatic carbocycles. The Bertz CT molecular complexity index is 195. The highest BCUT2D eigenvalue weighted by molar-refractivity contribution is 9.28. The third-order valence-corrected chi connectivity index (χ3v) is 2.56. The second kappa shape index (κ2) is 3.36. The van der Waals surface area contributed by atoms with E-state index >= 15 is 0 Å². The van der Waals surface area contributed by atoms with Crippen LogP contribution in [0.4, 0.5) is 0 Å². The summed E-state index contributed by atoms with van der Waals surface area (Å²) >= 11 is 9.60. The van der Waals surface area contributed by atoms with Gasteiger partial charge in [0.15, 0.2) is 0 Å². The van der Waals surface area contributed by atoms with Gasteiger partial charge in [-0.3, -0.25) is 4.79 Å². The Morgan fingerprint density at radius 1 is 1.60 bits per heavy atom. The van der Waals surface area contributed by atoms with Crippen molar-refractivity contribution in [2.45, 2.75) is 11.2 Å². The van der Waals surface area contributed by atoms with E-state index in [1.54, 1.807) is 0 Å². The lowest BCUT2D eigenvalue weighted by Crippen LogP contribution is -1.92. The molecule has 2 nitrogen and oxygen atoms in total. The van der Waals surface area contributed by atoms with Gasteiger partial charge in [0.2, 0.25) is 0 Å². The normalized spacial score (nSPS) is 24.9. The predicted molar refractivity (Wildman–Crippen MR) is 48.3 cm³/mol. The number of carbonyl (C=O) groups is 1. The number of rotatable bonds is 0. The van der Waals surface area contributed by atoms with Crippen LogP contribution in [0.2, 0.25) is 0 Å². The molecule has 0 radical (unpaired) electrons. The zero-order valence-electron chi connectivity index (χ0n) is 4.73. The fraction of sp³-hybridized carbons (Fsp3) is 0.400. The van der Waals surface area contributed by atoms with Crippen molar-refractivity contribution in [3.05, 3.63) is 9.15 Å². The number of hydrogen-bond acceptors (Lipinski definition) is 2. The minimum Gasteiger partial charge on any atom is -0.428 e. The molecule has 1 rings (SSSR count). The largest absolute Gasteiger partial charge is 0.428 e. The maximum atomic E-state index is 10.6. The van der Waals surface area contributed by atoms with Gasteiger partial charge in [-0.15, -0.1) is 0 Å². The molecule has 1 heterocycles. The average Bonchev–Trinajstić information content (AvgIpc) is 2.10. The minimum atomic E-state index is -0.201. The highest BCUT2D eigenvalue weighted by atomic mass is 79.9. The summed E-state index contributed by atoms with van der Waals surface area (Å²) in [6, 6.07) is 0. The number of cyclic esters (lactones) is 1. The van der Waals surface area contributed by atoms with Gasteiger partial charge in [-0.25, -0.2) is 0 Å². The summed E-state index contributed by atoms with van der Waals surface area (Å²) in [6.07, 6.45) is 0.399. The van der Waals surface area contributed by atoms with Crippen molar-refractivity contribution in [3.63, 3.8) is 0 Å². The van der Waals surface area contributed by atoms with Crippen LogP contribution in [0, 0.1) is 0 Å². The Labute approximate surface area is 83.4 Å². The molecule has 0 saturated carbocycles. The first-order valence-electron chi connectivity index (χ1n) is 2.51. The molecule has 1 aliphatic heterocycles. The van der Waals surface area contributed by atoms with E-state index in [9.17, 15) is 4.79 Å². The Morgan fingerprint density at radius 3 is 2.40 bits per heavy atom. The van der Waals surface area contributed by atoms with Gasteiger partial charge in [-0.2, -0.15) is 0 Å². The molecule has 0 aromatic rings. The van der Waals surface area contributed by atoms with E-state index in [0.717, 1.165) is 0 Å². The molecule has 0 spiro atoms. The fourth-order valence-electron chi connectivity index (χ4n) is 0.624. The second-order valence-electron chi connectivity index (χ2n) is 1.77. The van der Waals surface area contributed by atoms with Crippen LogP contribution in [0.15, 0.2) is 9.15 Å². The third-order valence-electron chi connectivity index (χ3n) is 1.04. The molecule has 0 bridgehead atoms. The van der Waals surface area contributed by atoms with Gasteiger partial charge in [0, 0.05) is 0 Å². The minimum absolute atomic E-state index is 0.00810. The van der Waals surface area contributed by atoms with Crippen LogP contribution in [0.3, 0.4) is 0 Å². The summed E-state index contributed by atoms with van der Waals surface area (Å²) in [5.41, 5.74) is 0. The quantitative estimate of drug-likeness (QED) is 0.503. The summed E-state index contributed by atoms with van der Waals surface area (Å²) < 4.78 is 5.52. The maximum absolute atomic E-state index is 10.6. The summed E-state index contributed by atoms with van der Waals surface area (Å²) in [7, 11) is 0. The van der Waals surface area contributed by atoms with Gasteiger partial charge >= 0.3 is 5.97 Å². The first-order chi connectivity index (χ1) is 4.61. The number of halogens is 3. The lowest BCUT2D eigenvalue weighted by Gasteiger charge is -1.98. The van der Waals surface area contributed by atoms with E-state index in [2.05, 4.69) is 47.8 Å². The molecule has 56 valence electrons. The smallest absolute Gasteiger partial charge is 0.312 e. The van der Waals surface area contributed by atoms with Crippen LogP contribution in [0.1, 0.15) is 6.42 Å². The Balaban J connectivity index is 2.83. The lowest BCUT2D eigenvalue weighted by atomic mass is 10.3. The van der Waals surface area contributed by atoms with Crippen LogP contribution < -0.4 is 0 Å². The van der Waals surface area contributed by atoms with E-state index in [4.69, 9.17) is 4.74 Å². The number of allylic oxidation sites excluding steroid dienone is 1. The van der Waals surface area contributed by atoms with Crippen molar-refractivity contribution >= 4 is 53.8 Å². The van der Waals surface area contributed by atoms with Crippen molar-refractivity contribution in [3.8, 4) is 0 Å². The standard InChI is InChI=1S/C5H3Br3O2/c6-2-1-3(9)10-4(2)5(7)8/h2H,1H2. The summed E-state index contributed by atoms with van der Waals surface area (Å²) in [4.78, 5) is 10.6. The molecule has 1 saturated heterocycles. The Kier molecular flexibility index (Phi) is 2.94. The van der Waals surface area contributed by atoms with E-state index in [0.29, 0.717) is 15.6 Å². The molecule has 0 N–H and O–H groups in total. The number of hydrogen-bond donors (Lipinski definition) is 0. The molecule has 1 fully saturated rings. The van der Waals surface area contributed by atoms with Crippen LogP contribution in [0.25, 0.3) is 0 Å². The zero-order valence-corrected chi connectivity index (χ0v) is 9.49. The molecule has 1 unspecified atom stereocenters. The van der Waals surface area contributed by atoms with E-state index in [-0.39, 0.29) is 10.8 Å². The van der Waals surface area contributed by atoms with E-state index in [1.807, 2.05) is 0 Å². The average molecular weight is 335 g/mol. The van der Waals surface area contributed by atoms with Gasteiger partial charge < -0.3 is 4.74 Å². The van der Waals surface area contributed by atoms with Crippen molar-refractivity contribution in [1.82, 2.24) is 0 Å². The highest BCUT2D eigenvalue weighted by Crippen LogP contribution is 2.33. The zero-order chi connectivity index (χ0) is 7.72. The van der Waals surface area contributed by atoms with Gasteiger partial charge in [0.05, 0.1) is 14.6 Å². The van der Waals surface area contributed by atoms with Crippen LogP contribution in [-0.4, -0.2) is 10.8 Å². The van der Waals surface area contributed by atoms with Gasteiger partial charge in [-0.1, -0.05) is 15.9 Å². The van der Waals surface area contributed by atoms with Crippen LogP contribution >= 0.6 is 47.8 Å². The van der Waals surface area contributed by atoms with E-state index < -0.39 is 0 Å². The monoisotopic (exact) mass is 332 g/mol. The van der Waals surface area contributed by atoms with Crippen molar-refractivity contribution in [2.75, 3.05) is 0 Å². The maximum Gasteiger partial charge on any atom is 0.312 e.